The van der Waals surface area contributed by atoms with Crippen molar-refractivity contribution in [2.24, 2.45) is 0 Å². The summed E-state index contributed by atoms with van der Waals surface area (Å²) in [5, 5.41) is 5.03. The maximum Gasteiger partial charge on any atom is 0.235 e. The summed E-state index contributed by atoms with van der Waals surface area (Å²) in [6, 6.07) is 0. The molecule has 0 saturated heterocycles. The third-order valence-corrected chi connectivity index (χ3v) is 3.22. The summed E-state index contributed by atoms with van der Waals surface area (Å²) < 4.78 is 22.5. The number of rotatable bonds is 8. The molecule has 0 aliphatic carbocycles. The number of amides is 2. The number of carbonyl (C=O) groups is 2. The standard InChI is InChI=1S/C10H18N2O4S/c1-3-7-17(15,16)8-10(14)12-6-4-5-11-9(2)13/h3H,1,4-8H2,2H3,(H,11,13)(H,12,14). The number of nitrogens with one attached hydrogen (secondary N) is 2. The van der Waals surface area contributed by atoms with E-state index in [4.69, 9.17) is 0 Å². The number of hydrogen-bond donors (Lipinski definition) is 2. The maximum absolute atomic E-state index is 11.2. The van der Waals surface area contributed by atoms with Crippen molar-refractivity contribution in [1.29, 1.82) is 0 Å². The Labute approximate surface area is 101 Å². The van der Waals surface area contributed by atoms with Gasteiger partial charge in [0, 0.05) is 20.0 Å². The van der Waals surface area contributed by atoms with Crippen LogP contribution < -0.4 is 10.6 Å². The monoisotopic (exact) mass is 262 g/mol. The lowest BCUT2D eigenvalue weighted by Crippen LogP contribution is -2.33. The molecule has 0 spiro atoms. The lowest BCUT2D eigenvalue weighted by atomic mass is 10.4. The zero-order valence-electron chi connectivity index (χ0n) is 9.86. The molecule has 0 rings (SSSR count). The molecule has 0 bridgehead atoms. The highest BCUT2D eigenvalue weighted by atomic mass is 32.2. The molecular formula is C10H18N2O4S. The quantitative estimate of drug-likeness (QED) is 0.444. The summed E-state index contributed by atoms with van der Waals surface area (Å²) in [7, 11) is -3.39. The average molecular weight is 262 g/mol. The second-order valence-electron chi connectivity index (χ2n) is 3.53. The second-order valence-corrected chi connectivity index (χ2v) is 5.64. The van der Waals surface area contributed by atoms with Crippen LogP contribution in [0.4, 0.5) is 0 Å². The zero-order valence-corrected chi connectivity index (χ0v) is 10.7. The van der Waals surface area contributed by atoms with E-state index in [0.717, 1.165) is 0 Å². The first-order valence-corrected chi connectivity index (χ1v) is 7.02. The van der Waals surface area contributed by atoms with Crippen LogP contribution in [0, 0.1) is 0 Å². The van der Waals surface area contributed by atoms with E-state index >= 15 is 0 Å². The Morgan fingerprint density at radius 3 is 2.35 bits per heavy atom. The molecule has 2 amide bonds. The molecule has 0 aromatic rings. The van der Waals surface area contributed by atoms with E-state index in [1.165, 1.54) is 13.0 Å². The SMILES string of the molecule is C=CCS(=O)(=O)CC(=O)NCCCNC(C)=O. The largest absolute Gasteiger partial charge is 0.356 e. The number of sulfone groups is 1. The van der Waals surface area contributed by atoms with Crippen LogP contribution in [0.1, 0.15) is 13.3 Å². The van der Waals surface area contributed by atoms with Gasteiger partial charge in [-0.3, -0.25) is 9.59 Å². The van der Waals surface area contributed by atoms with Crippen molar-refractivity contribution < 1.29 is 18.0 Å². The molecule has 0 heterocycles. The number of carbonyl (C=O) groups excluding carboxylic acids is 2. The van der Waals surface area contributed by atoms with Crippen molar-refractivity contribution in [2.75, 3.05) is 24.6 Å². The molecule has 7 heteroatoms. The van der Waals surface area contributed by atoms with Gasteiger partial charge in [0.2, 0.25) is 11.8 Å². The summed E-state index contributed by atoms with van der Waals surface area (Å²) >= 11 is 0. The minimum Gasteiger partial charge on any atom is -0.356 e. The fourth-order valence-electron chi connectivity index (χ4n) is 1.07. The number of hydrogen-bond acceptors (Lipinski definition) is 4. The zero-order chi connectivity index (χ0) is 13.3. The van der Waals surface area contributed by atoms with Crippen LogP contribution in [0.15, 0.2) is 12.7 Å². The minimum atomic E-state index is -3.39. The summed E-state index contributed by atoms with van der Waals surface area (Å²) in [5.74, 6) is -1.40. The predicted octanol–water partition coefficient (Wildman–Crippen LogP) is -0.770. The van der Waals surface area contributed by atoms with Gasteiger partial charge in [-0.1, -0.05) is 6.08 Å². The Hall–Kier alpha value is -1.37. The van der Waals surface area contributed by atoms with Crippen molar-refractivity contribution in [1.82, 2.24) is 10.6 Å². The van der Waals surface area contributed by atoms with E-state index in [-0.39, 0.29) is 11.7 Å². The van der Waals surface area contributed by atoms with Crippen LogP contribution in [0.3, 0.4) is 0 Å². The van der Waals surface area contributed by atoms with Crippen molar-refractivity contribution in [3.8, 4) is 0 Å². The maximum atomic E-state index is 11.2. The van der Waals surface area contributed by atoms with Crippen molar-refractivity contribution >= 4 is 21.7 Å². The van der Waals surface area contributed by atoms with Gasteiger partial charge in [0.15, 0.2) is 9.84 Å². The van der Waals surface area contributed by atoms with Gasteiger partial charge < -0.3 is 10.6 Å². The summed E-state index contributed by atoms with van der Waals surface area (Å²) in [4.78, 5) is 21.7. The van der Waals surface area contributed by atoms with Gasteiger partial charge in [0.1, 0.15) is 5.75 Å². The van der Waals surface area contributed by atoms with E-state index in [1.807, 2.05) is 0 Å². The molecule has 98 valence electrons. The molecule has 0 saturated carbocycles. The van der Waals surface area contributed by atoms with E-state index < -0.39 is 21.5 Å². The molecule has 2 N–H and O–H groups in total. The minimum absolute atomic E-state index is 0.134. The topological polar surface area (TPSA) is 92.3 Å². The van der Waals surface area contributed by atoms with Crippen LogP contribution in [-0.4, -0.2) is 44.8 Å². The fourth-order valence-corrected chi connectivity index (χ4v) is 2.05. The molecule has 0 aromatic heterocycles. The first-order chi connectivity index (χ1) is 7.87. The van der Waals surface area contributed by atoms with Crippen LogP contribution in [-0.2, 0) is 19.4 Å². The second kappa shape index (κ2) is 7.83. The average Bonchev–Trinajstić information content (AvgIpc) is 2.15. The first kappa shape index (κ1) is 15.6. The van der Waals surface area contributed by atoms with Crippen LogP contribution in [0.2, 0.25) is 0 Å². The summed E-state index contributed by atoms with van der Waals surface area (Å²) in [5.41, 5.74) is 0. The smallest absolute Gasteiger partial charge is 0.235 e. The van der Waals surface area contributed by atoms with E-state index in [0.29, 0.717) is 19.5 Å². The Balaban J connectivity index is 3.74. The summed E-state index contributed by atoms with van der Waals surface area (Å²) in [6.45, 7) is 5.50. The highest BCUT2D eigenvalue weighted by Gasteiger charge is 2.14. The summed E-state index contributed by atoms with van der Waals surface area (Å²) in [6.07, 6.45) is 1.81. The van der Waals surface area contributed by atoms with Gasteiger partial charge in [-0.05, 0) is 6.42 Å². The highest BCUT2D eigenvalue weighted by Crippen LogP contribution is 1.90. The first-order valence-electron chi connectivity index (χ1n) is 5.20. The normalized spacial score (nSPS) is 10.6. The molecule has 17 heavy (non-hydrogen) atoms. The predicted molar refractivity (Wildman–Crippen MR) is 65.2 cm³/mol. The van der Waals surface area contributed by atoms with Crippen LogP contribution >= 0.6 is 0 Å². The van der Waals surface area contributed by atoms with E-state index in [2.05, 4.69) is 17.2 Å². The van der Waals surface area contributed by atoms with Gasteiger partial charge in [-0.15, -0.1) is 6.58 Å². The molecular weight excluding hydrogens is 244 g/mol. The van der Waals surface area contributed by atoms with Gasteiger partial charge in [0.05, 0.1) is 5.75 Å². The van der Waals surface area contributed by atoms with Crippen molar-refractivity contribution in [2.45, 2.75) is 13.3 Å². The Bertz CT molecular complexity index is 376. The van der Waals surface area contributed by atoms with Crippen LogP contribution in [0.5, 0.6) is 0 Å². The van der Waals surface area contributed by atoms with Crippen molar-refractivity contribution in [3.05, 3.63) is 12.7 Å². The lowest BCUT2D eigenvalue weighted by molar-refractivity contribution is -0.119. The fraction of sp³-hybridized carbons (Fsp3) is 0.600. The molecule has 0 aliphatic rings. The lowest BCUT2D eigenvalue weighted by Gasteiger charge is -2.05. The molecule has 0 radical (unpaired) electrons. The molecule has 0 atom stereocenters. The van der Waals surface area contributed by atoms with E-state index in [9.17, 15) is 18.0 Å². The van der Waals surface area contributed by atoms with Crippen molar-refractivity contribution in [3.63, 3.8) is 0 Å². The van der Waals surface area contributed by atoms with Gasteiger partial charge in [0.25, 0.3) is 0 Å². The Morgan fingerprint density at radius 1 is 1.24 bits per heavy atom. The molecule has 6 nitrogen and oxygen atoms in total. The van der Waals surface area contributed by atoms with Gasteiger partial charge in [-0.25, -0.2) is 8.42 Å². The molecule has 0 unspecified atom stereocenters. The Morgan fingerprint density at radius 2 is 1.82 bits per heavy atom. The van der Waals surface area contributed by atoms with Gasteiger partial charge >= 0.3 is 0 Å². The third-order valence-electron chi connectivity index (χ3n) is 1.77. The van der Waals surface area contributed by atoms with Crippen LogP contribution in [0.25, 0.3) is 0 Å². The molecule has 0 aromatic carbocycles. The van der Waals surface area contributed by atoms with Gasteiger partial charge in [-0.2, -0.15) is 0 Å². The third kappa shape index (κ3) is 9.55. The highest BCUT2D eigenvalue weighted by molar-refractivity contribution is 7.92. The Kier molecular flexibility index (Phi) is 7.20. The molecule has 0 aliphatic heterocycles. The van der Waals surface area contributed by atoms with E-state index in [1.54, 1.807) is 0 Å². The molecule has 0 fully saturated rings.